The van der Waals surface area contributed by atoms with Gasteiger partial charge in [0.05, 0.1) is 38.6 Å². The number of rotatable bonds is 51. The zero-order valence-electron chi connectivity index (χ0n) is 55.0. The van der Waals surface area contributed by atoms with E-state index in [0.717, 1.165) is 96.3 Å². The van der Waals surface area contributed by atoms with Gasteiger partial charge in [-0.1, -0.05) is 213 Å². The molecule has 3 fully saturated rings. The standard InChI is InChI=1S/C72H121NO18/c1-3-5-7-9-11-13-15-17-19-20-21-22-23-24-25-26-27-28-29-30-31-32-33-34-36-38-40-42-44-46-48-50-60(78)73-55(56(77)49-47-45-43-41-39-37-35-18-16-14-12-10-8-6-4-2)54-86-70-66(84)63(81)68(58(52-75)88-70)91-72-67(85)64(82)69(59(53-76)89-72)90-71-65(83)62(80)61(79)57(51-74)87-71/h5,7,11,13,16-19,21-22,24-25,27-28,39,41,47,49,55-59,61-72,74-77,79-85H,3-4,6,8-10,12,14-15,20,23,26,29-38,40,42-46,48,50-54H2,1-2H3,(H,73,78)/b7-5-,13-11-,18-16+,19-17-,22-21-,25-24-,28-27-,41-39+,49-47+. The molecule has 0 aromatic carbocycles. The summed E-state index contributed by atoms with van der Waals surface area (Å²) in [5.41, 5.74) is 0. The number of hydrogen-bond acceptors (Lipinski definition) is 18. The lowest BCUT2D eigenvalue weighted by molar-refractivity contribution is -0.379. The first-order chi connectivity index (χ1) is 44.3. The fourth-order valence-corrected chi connectivity index (χ4v) is 10.9. The van der Waals surface area contributed by atoms with Gasteiger partial charge in [-0.25, -0.2) is 0 Å². The van der Waals surface area contributed by atoms with E-state index < -0.39 is 124 Å². The number of ether oxygens (including phenoxy) is 6. The van der Waals surface area contributed by atoms with Crippen LogP contribution in [0.4, 0.5) is 0 Å². The van der Waals surface area contributed by atoms with Crippen molar-refractivity contribution in [1.82, 2.24) is 5.32 Å². The van der Waals surface area contributed by atoms with Crippen molar-refractivity contribution in [3.63, 3.8) is 0 Å². The van der Waals surface area contributed by atoms with Gasteiger partial charge in [0, 0.05) is 6.42 Å². The van der Waals surface area contributed by atoms with Gasteiger partial charge >= 0.3 is 0 Å². The first-order valence-electron chi connectivity index (χ1n) is 34.6. The summed E-state index contributed by atoms with van der Waals surface area (Å²) in [5.74, 6) is -0.297. The maximum atomic E-state index is 13.4. The molecule has 1 amide bonds. The van der Waals surface area contributed by atoms with Crippen LogP contribution in [0.3, 0.4) is 0 Å². The van der Waals surface area contributed by atoms with Crippen molar-refractivity contribution >= 4 is 5.91 Å². The Kier molecular flexibility index (Phi) is 47.3. The topological polar surface area (TPSA) is 307 Å². The molecule has 91 heavy (non-hydrogen) atoms. The quantitative estimate of drug-likeness (QED) is 0.0200. The lowest BCUT2D eigenvalue weighted by atomic mass is 9.96. The number of hydrogen-bond donors (Lipinski definition) is 12. The van der Waals surface area contributed by atoms with Crippen molar-refractivity contribution in [3.8, 4) is 0 Å². The highest BCUT2D eigenvalue weighted by Gasteiger charge is 2.53. The second-order valence-electron chi connectivity index (χ2n) is 24.2. The Morgan fingerprint density at radius 1 is 0.407 bits per heavy atom. The molecule has 3 aliphatic rings. The minimum atomic E-state index is -1.99. The van der Waals surface area contributed by atoms with E-state index in [2.05, 4.69) is 116 Å². The maximum absolute atomic E-state index is 13.4. The molecule has 3 aliphatic heterocycles. The molecule has 0 bridgehead atoms. The third-order valence-electron chi connectivity index (χ3n) is 16.5. The lowest BCUT2D eigenvalue weighted by Crippen LogP contribution is -2.66. The Morgan fingerprint density at radius 2 is 0.769 bits per heavy atom. The summed E-state index contributed by atoms with van der Waals surface area (Å²) in [6.45, 7) is 1.55. The van der Waals surface area contributed by atoms with Crippen LogP contribution in [-0.2, 0) is 33.2 Å². The van der Waals surface area contributed by atoms with Gasteiger partial charge in [-0.05, 0) is 96.3 Å². The first-order valence-corrected chi connectivity index (χ1v) is 34.6. The molecule has 0 saturated carbocycles. The van der Waals surface area contributed by atoms with E-state index in [1.54, 1.807) is 6.08 Å². The van der Waals surface area contributed by atoms with E-state index >= 15 is 0 Å². The molecule has 17 atom stereocenters. The molecule has 3 rings (SSSR count). The van der Waals surface area contributed by atoms with Crippen LogP contribution in [0.2, 0.25) is 0 Å². The number of unbranched alkanes of at least 4 members (excludes halogenated alkanes) is 19. The van der Waals surface area contributed by atoms with Crippen molar-refractivity contribution in [1.29, 1.82) is 0 Å². The Labute approximate surface area is 545 Å². The molecule has 19 heteroatoms. The van der Waals surface area contributed by atoms with Gasteiger partial charge in [-0.3, -0.25) is 4.79 Å². The van der Waals surface area contributed by atoms with E-state index in [-0.39, 0.29) is 18.9 Å². The molecule has 0 radical (unpaired) electrons. The van der Waals surface area contributed by atoms with E-state index in [1.165, 1.54) is 77.0 Å². The smallest absolute Gasteiger partial charge is 0.220 e. The number of nitrogens with one attached hydrogen (secondary N) is 1. The summed E-state index contributed by atoms with van der Waals surface area (Å²) in [5, 5.41) is 120. The summed E-state index contributed by atoms with van der Waals surface area (Å²) >= 11 is 0. The van der Waals surface area contributed by atoms with Crippen LogP contribution in [0.15, 0.2) is 109 Å². The van der Waals surface area contributed by atoms with Crippen molar-refractivity contribution in [2.24, 2.45) is 0 Å². The molecule has 12 N–H and O–H groups in total. The van der Waals surface area contributed by atoms with Gasteiger partial charge in [-0.2, -0.15) is 0 Å². The monoisotopic (exact) mass is 1290 g/mol. The average molecular weight is 1290 g/mol. The van der Waals surface area contributed by atoms with E-state index in [4.69, 9.17) is 28.4 Å². The highest BCUT2D eigenvalue weighted by atomic mass is 16.8. The number of allylic oxidation sites excluding steroid dienone is 17. The van der Waals surface area contributed by atoms with E-state index in [0.29, 0.717) is 12.8 Å². The van der Waals surface area contributed by atoms with Crippen LogP contribution in [0, 0.1) is 0 Å². The van der Waals surface area contributed by atoms with E-state index in [1.807, 2.05) is 6.08 Å². The summed E-state index contributed by atoms with van der Waals surface area (Å²) in [6, 6.07) is -1.00. The number of aliphatic hydroxyl groups excluding tert-OH is 11. The summed E-state index contributed by atoms with van der Waals surface area (Å²) in [4.78, 5) is 13.4. The van der Waals surface area contributed by atoms with E-state index in [9.17, 15) is 61.0 Å². The van der Waals surface area contributed by atoms with Crippen molar-refractivity contribution in [3.05, 3.63) is 109 Å². The second-order valence-corrected chi connectivity index (χ2v) is 24.2. The normalized spacial score (nSPS) is 28.6. The number of amides is 1. The highest BCUT2D eigenvalue weighted by molar-refractivity contribution is 5.76. The van der Waals surface area contributed by atoms with Crippen LogP contribution in [0.1, 0.15) is 206 Å². The zero-order chi connectivity index (χ0) is 66.1. The van der Waals surface area contributed by atoms with Crippen LogP contribution >= 0.6 is 0 Å². The van der Waals surface area contributed by atoms with Gasteiger partial charge in [0.1, 0.15) is 73.2 Å². The Bertz CT molecular complexity index is 2070. The minimum Gasteiger partial charge on any atom is -0.394 e. The Balaban J connectivity index is 1.41. The lowest BCUT2D eigenvalue weighted by Gasteiger charge is -2.48. The predicted octanol–water partition coefficient (Wildman–Crippen LogP) is 9.05. The number of aliphatic hydroxyl groups is 11. The molecule has 0 aliphatic carbocycles. The van der Waals surface area contributed by atoms with Gasteiger partial charge in [0.2, 0.25) is 5.91 Å². The number of carbonyl (C=O) groups excluding carboxylic acids is 1. The Hall–Kier alpha value is -3.55. The molecule has 0 spiro atoms. The van der Waals surface area contributed by atoms with Crippen LogP contribution in [0.25, 0.3) is 0 Å². The largest absolute Gasteiger partial charge is 0.394 e. The summed E-state index contributed by atoms with van der Waals surface area (Å²) < 4.78 is 34.3. The first kappa shape index (κ1) is 81.7. The van der Waals surface area contributed by atoms with Gasteiger partial charge in [-0.15, -0.1) is 0 Å². The Morgan fingerprint density at radius 3 is 1.23 bits per heavy atom. The maximum Gasteiger partial charge on any atom is 0.220 e. The SMILES string of the molecule is CC/C=C\C/C=C\C/C=C\C/C=C\C/C=C\C/C=C\CCCCCCCCCCCCCCC(=O)NC(COC1OC(CO)C(OC2OC(CO)C(OC3OC(CO)C(O)C(O)C3O)C(O)C2O)C(O)C1O)C(O)/C=C/CC/C=C/CC/C=C/CCCCCCC. The van der Waals surface area contributed by atoms with Crippen molar-refractivity contribution in [2.45, 2.75) is 311 Å². The van der Waals surface area contributed by atoms with Crippen LogP contribution < -0.4 is 5.32 Å². The summed E-state index contributed by atoms with van der Waals surface area (Å²) in [6.07, 6.45) is 43.5. The third kappa shape index (κ3) is 34.6. The average Bonchev–Trinajstić information content (AvgIpc) is 0.876. The third-order valence-corrected chi connectivity index (χ3v) is 16.5. The second kappa shape index (κ2) is 52.7. The molecule has 522 valence electrons. The number of carbonyl (C=O) groups is 1. The molecule has 17 unspecified atom stereocenters. The molecule has 3 heterocycles. The van der Waals surface area contributed by atoms with Crippen LogP contribution in [0.5, 0.6) is 0 Å². The highest BCUT2D eigenvalue weighted by Crippen LogP contribution is 2.33. The summed E-state index contributed by atoms with van der Waals surface area (Å²) in [7, 11) is 0. The molecule has 0 aromatic heterocycles. The van der Waals surface area contributed by atoms with Crippen molar-refractivity contribution < 1.29 is 89.4 Å². The minimum absolute atomic E-state index is 0.223. The van der Waals surface area contributed by atoms with Crippen LogP contribution in [-0.4, -0.2) is 193 Å². The fourth-order valence-electron chi connectivity index (χ4n) is 10.9. The fraction of sp³-hybridized carbons (Fsp3) is 0.736. The molecular formula is C72H121NO18. The molecule has 3 saturated heterocycles. The van der Waals surface area contributed by atoms with Gasteiger partial charge < -0.3 is 89.9 Å². The molecule has 19 nitrogen and oxygen atoms in total. The van der Waals surface area contributed by atoms with Gasteiger partial charge in [0.25, 0.3) is 0 Å². The molecule has 0 aromatic rings. The molecular weight excluding hydrogens is 1170 g/mol. The van der Waals surface area contributed by atoms with Crippen molar-refractivity contribution in [2.75, 3.05) is 26.4 Å². The zero-order valence-corrected chi connectivity index (χ0v) is 55.0. The van der Waals surface area contributed by atoms with Gasteiger partial charge in [0.15, 0.2) is 18.9 Å². The predicted molar refractivity (Wildman–Crippen MR) is 355 cm³/mol.